The van der Waals surface area contributed by atoms with Gasteiger partial charge in [-0.25, -0.2) is 4.98 Å². The maximum Gasteiger partial charge on any atom is 0.308 e. The first-order valence-corrected chi connectivity index (χ1v) is 9.02. The first-order valence-electron chi connectivity index (χ1n) is 9.02. The average molecular weight is 386 g/mol. The van der Waals surface area contributed by atoms with Crippen LogP contribution >= 0.6 is 0 Å². The number of carboxylic acid groups (broad SMARTS) is 1. The van der Waals surface area contributed by atoms with Crippen LogP contribution in [0.1, 0.15) is 28.8 Å². The summed E-state index contributed by atoms with van der Waals surface area (Å²) in [6.07, 6.45) is 3.92. The van der Waals surface area contributed by atoms with E-state index < -0.39 is 23.4 Å². The van der Waals surface area contributed by atoms with Crippen LogP contribution in [0.25, 0.3) is 5.65 Å². The van der Waals surface area contributed by atoms with Crippen LogP contribution in [-0.2, 0) is 9.59 Å². The number of aromatic nitrogens is 2. The number of nitrogens with zero attached hydrogens (tertiary/aromatic N) is 4. The van der Waals surface area contributed by atoms with Crippen molar-refractivity contribution in [2.24, 2.45) is 5.92 Å². The van der Waals surface area contributed by atoms with E-state index in [1.54, 1.807) is 18.3 Å². The molecule has 2 amide bonds. The molecule has 1 saturated heterocycles. The van der Waals surface area contributed by atoms with E-state index in [1.807, 2.05) is 6.92 Å². The predicted molar refractivity (Wildman–Crippen MR) is 100 cm³/mol. The summed E-state index contributed by atoms with van der Waals surface area (Å²) in [4.78, 5) is 55.7. The van der Waals surface area contributed by atoms with Gasteiger partial charge in [0, 0.05) is 32.5 Å². The molecule has 1 atom stereocenters. The number of fused-ring (bicyclic) bond motifs is 1. The molecule has 28 heavy (non-hydrogen) atoms. The fourth-order valence-electron chi connectivity index (χ4n) is 3.31. The Morgan fingerprint density at radius 1 is 1.36 bits per heavy atom. The average Bonchev–Trinajstić information content (AvgIpc) is 2.67. The quantitative estimate of drug-likeness (QED) is 0.814. The molecule has 0 bridgehead atoms. The molecule has 0 aromatic carbocycles. The van der Waals surface area contributed by atoms with Gasteiger partial charge in [-0.05, 0) is 37.5 Å². The van der Waals surface area contributed by atoms with Gasteiger partial charge in [-0.15, -0.1) is 0 Å². The highest BCUT2D eigenvalue weighted by Gasteiger charge is 2.29. The summed E-state index contributed by atoms with van der Waals surface area (Å²) >= 11 is 0. The van der Waals surface area contributed by atoms with Gasteiger partial charge in [-0.1, -0.05) is 0 Å². The second-order valence-electron chi connectivity index (χ2n) is 7.09. The molecule has 1 N–H and O–H groups in total. The van der Waals surface area contributed by atoms with Crippen LogP contribution in [-0.4, -0.2) is 68.8 Å². The van der Waals surface area contributed by atoms with E-state index in [9.17, 15) is 19.2 Å². The van der Waals surface area contributed by atoms with Gasteiger partial charge in [0.1, 0.15) is 11.2 Å². The van der Waals surface area contributed by atoms with Crippen LogP contribution in [0.2, 0.25) is 0 Å². The Bertz CT molecular complexity index is 999. The maximum atomic E-state index is 12.7. The third kappa shape index (κ3) is 3.88. The molecule has 1 fully saturated rings. The number of pyridine rings is 1. The van der Waals surface area contributed by atoms with Gasteiger partial charge in [0.25, 0.3) is 11.5 Å². The zero-order chi connectivity index (χ0) is 20.4. The summed E-state index contributed by atoms with van der Waals surface area (Å²) < 4.78 is 1.29. The summed E-state index contributed by atoms with van der Waals surface area (Å²) in [6, 6.07) is 3.48. The molecular weight excluding hydrogens is 364 g/mol. The Labute approximate surface area is 161 Å². The molecule has 0 spiro atoms. The third-order valence-corrected chi connectivity index (χ3v) is 4.94. The van der Waals surface area contributed by atoms with Crippen LogP contribution in [0.15, 0.2) is 29.3 Å². The van der Waals surface area contributed by atoms with E-state index in [2.05, 4.69) is 4.98 Å². The maximum absolute atomic E-state index is 12.7. The highest BCUT2D eigenvalue weighted by atomic mass is 16.4. The minimum absolute atomic E-state index is 0.126. The monoisotopic (exact) mass is 386 g/mol. The van der Waals surface area contributed by atoms with Crippen molar-refractivity contribution < 1.29 is 19.5 Å². The fraction of sp³-hybridized carbons (Fsp3) is 0.421. The second kappa shape index (κ2) is 7.79. The van der Waals surface area contributed by atoms with Crippen molar-refractivity contribution in [3.8, 4) is 0 Å². The standard InChI is InChI=1S/C19H22N4O5/c1-12-5-7-23-15(8-12)20-9-14(18(23)26)17(25)21(2)11-16(24)22-6-3-4-13(10-22)19(27)28/h5,7-9,13H,3-4,6,10-11H2,1-2H3,(H,27,28). The van der Waals surface area contributed by atoms with Crippen molar-refractivity contribution in [3.63, 3.8) is 0 Å². The lowest BCUT2D eigenvalue weighted by Gasteiger charge is -2.32. The zero-order valence-electron chi connectivity index (χ0n) is 15.8. The molecule has 148 valence electrons. The van der Waals surface area contributed by atoms with E-state index >= 15 is 0 Å². The summed E-state index contributed by atoms with van der Waals surface area (Å²) in [6.45, 7) is 2.24. The SMILES string of the molecule is Cc1ccn2c(=O)c(C(=O)N(C)CC(=O)N3CCCC(C(=O)O)C3)cnc2c1. The molecule has 0 radical (unpaired) electrons. The Morgan fingerprint density at radius 3 is 2.82 bits per heavy atom. The highest BCUT2D eigenvalue weighted by molar-refractivity contribution is 5.96. The van der Waals surface area contributed by atoms with Crippen molar-refractivity contribution in [3.05, 3.63) is 46.0 Å². The van der Waals surface area contributed by atoms with Crippen molar-refractivity contribution >= 4 is 23.4 Å². The zero-order valence-corrected chi connectivity index (χ0v) is 15.8. The topological polar surface area (TPSA) is 112 Å². The largest absolute Gasteiger partial charge is 0.481 e. The lowest BCUT2D eigenvalue weighted by molar-refractivity contribution is -0.145. The van der Waals surface area contributed by atoms with Gasteiger partial charge in [0.2, 0.25) is 5.91 Å². The van der Waals surface area contributed by atoms with E-state index in [1.165, 1.54) is 22.5 Å². The molecule has 9 nitrogen and oxygen atoms in total. The Kier molecular flexibility index (Phi) is 5.43. The Morgan fingerprint density at radius 2 is 2.11 bits per heavy atom. The number of carbonyl (C=O) groups excluding carboxylic acids is 2. The highest BCUT2D eigenvalue weighted by Crippen LogP contribution is 2.17. The summed E-state index contributed by atoms with van der Waals surface area (Å²) in [7, 11) is 1.43. The van der Waals surface area contributed by atoms with E-state index in [0.29, 0.717) is 25.0 Å². The number of hydrogen-bond acceptors (Lipinski definition) is 5. The minimum atomic E-state index is -0.924. The van der Waals surface area contributed by atoms with Gasteiger partial charge in [-0.3, -0.25) is 23.6 Å². The molecule has 3 rings (SSSR count). The molecule has 2 aromatic rings. The third-order valence-electron chi connectivity index (χ3n) is 4.94. The van der Waals surface area contributed by atoms with Crippen molar-refractivity contribution in [2.45, 2.75) is 19.8 Å². The summed E-state index contributed by atoms with van der Waals surface area (Å²) in [5.74, 6) is -2.46. The van der Waals surface area contributed by atoms with Crippen LogP contribution in [0.3, 0.4) is 0 Å². The fourth-order valence-corrected chi connectivity index (χ4v) is 3.31. The lowest BCUT2D eigenvalue weighted by atomic mass is 9.98. The normalized spacial score (nSPS) is 16.8. The first kappa shape index (κ1) is 19.5. The molecular formula is C19H22N4O5. The number of carboxylic acids is 1. The van der Waals surface area contributed by atoms with E-state index in [0.717, 1.165) is 10.5 Å². The lowest BCUT2D eigenvalue weighted by Crippen LogP contribution is -2.47. The molecule has 3 heterocycles. The minimum Gasteiger partial charge on any atom is -0.481 e. The number of piperidine rings is 1. The Balaban J connectivity index is 1.74. The number of likely N-dealkylation sites (tertiary alicyclic amines) is 1. The van der Waals surface area contributed by atoms with Gasteiger partial charge in [0.05, 0.1) is 12.5 Å². The first-order chi connectivity index (χ1) is 13.3. The predicted octanol–water partition coefficient (Wildman–Crippen LogP) is 0.398. The van der Waals surface area contributed by atoms with Crippen molar-refractivity contribution in [1.82, 2.24) is 19.2 Å². The van der Waals surface area contributed by atoms with Crippen LogP contribution in [0, 0.1) is 12.8 Å². The molecule has 2 aromatic heterocycles. The van der Waals surface area contributed by atoms with Gasteiger partial charge >= 0.3 is 5.97 Å². The molecule has 1 aliphatic heterocycles. The van der Waals surface area contributed by atoms with Gasteiger partial charge in [-0.2, -0.15) is 0 Å². The van der Waals surface area contributed by atoms with E-state index in [4.69, 9.17) is 5.11 Å². The number of aryl methyl sites for hydroxylation is 1. The summed E-state index contributed by atoms with van der Waals surface area (Å²) in [5.41, 5.74) is 0.750. The molecule has 0 saturated carbocycles. The van der Waals surface area contributed by atoms with Gasteiger partial charge in [0.15, 0.2) is 0 Å². The van der Waals surface area contributed by atoms with Crippen molar-refractivity contribution in [1.29, 1.82) is 0 Å². The number of rotatable bonds is 4. The van der Waals surface area contributed by atoms with Crippen LogP contribution in [0.4, 0.5) is 0 Å². The number of carbonyl (C=O) groups is 3. The van der Waals surface area contributed by atoms with Gasteiger partial charge < -0.3 is 14.9 Å². The molecule has 0 aliphatic carbocycles. The molecule has 1 aliphatic rings. The van der Waals surface area contributed by atoms with E-state index in [-0.39, 0.29) is 24.6 Å². The molecule has 1 unspecified atom stereocenters. The second-order valence-corrected chi connectivity index (χ2v) is 7.09. The van der Waals surface area contributed by atoms with Crippen molar-refractivity contribution in [2.75, 3.05) is 26.7 Å². The number of aliphatic carboxylic acids is 1. The number of amides is 2. The Hall–Kier alpha value is -3.23. The smallest absolute Gasteiger partial charge is 0.308 e. The number of hydrogen-bond donors (Lipinski definition) is 1. The van der Waals surface area contributed by atoms with Crippen LogP contribution in [0.5, 0.6) is 0 Å². The molecule has 9 heteroatoms. The number of likely N-dealkylation sites (N-methyl/N-ethyl adjacent to an activating group) is 1. The van der Waals surface area contributed by atoms with Crippen LogP contribution < -0.4 is 5.56 Å². The summed E-state index contributed by atoms with van der Waals surface area (Å²) in [5, 5.41) is 9.14.